The number of hydrogen-bond donors (Lipinski definition) is 0. The molecule has 178 valence electrons. The first kappa shape index (κ1) is 23.9. The summed E-state index contributed by atoms with van der Waals surface area (Å²) in [5, 5.41) is 0. The molecule has 34 heavy (non-hydrogen) atoms. The maximum absolute atomic E-state index is 6.12. The molecule has 0 saturated carbocycles. The minimum absolute atomic E-state index is 0.126. The van der Waals surface area contributed by atoms with Gasteiger partial charge in [0.05, 0.1) is 17.6 Å². The van der Waals surface area contributed by atoms with Gasteiger partial charge in [-0.1, -0.05) is 71.0 Å². The molecule has 0 bridgehead atoms. The first-order valence-electron chi connectivity index (χ1n) is 12.3. The van der Waals surface area contributed by atoms with Crippen molar-refractivity contribution >= 4 is 11.0 Å². The molecule has 4 nitrogen and oxygen atoms in total. The van der Waals surface area contributed by atoms with E-state index in [1.165, 1.54) is 11.1 Å². The molecule has 4 heteroatoms. The lowest BCUT2D eigenvalue weighted by Crippen LogP contribution is -2.13. The van der Waals surface area contributed by atoms with Crippen molar-refractivity contribution in [2.24, 2.45) is 0 Å². The zero-order chi connectivity index (χ0) is 24.1. The van der Waals surface area contributed by atoms with Crippen LogP contribution in [0.25, 0.3) is 11.0 Å². The quantitative estimate of drug-likeness (QED) is 0.261. The molecular weight excluding hydrogens is 420 g/mol. The third-order valence-electron chi connectivity index (χ3n) is 6.47. The van der Waals surface area contributed by atoms with E-state index in [1.54, 1.807) is 0 Å². The van der Waals surface area contributed by atoms with Gasteiger partial charge in [-0.2, -0.15) is 0 Å². The van der Waals surface area contributed by atoms with Crippen LogP contribution < -0.4 is 9.47 Å². The third-order valence-corrected chi connectivity index (χ3v) is 6.47. The second-order valence-corrected chi connectivity index (χ2v) is 9.96. The van der Waals surface area contributed by atoms with Gasteiger partial charge in [0.1, 0.15) is 30.5 Å². The number of ether oxygens (including phenoxy) is 2. The molecule has 0 aliphatic carbocycles. The second-order valence-electron chi connectivity index (χ2n) is 9.96. The second kappa shape index (κ2) is 10.3. The van der Waals surface area contributed by atoms with Crippen molar-refractivity contribution < 1.29 is 9.47 Å². The van der Waals surface area contributed by atoms with Crippen LogP contribution in [0.3, 0.4) is 0 Å². The molecule has 1 aromatic heterocycles. The SMILES string of the molecule is CCC(C)c1ccc(OCCn2c(COc3ccc(C(C)(C)C)cc3)nc3ccccc32)cc1. The highest BCUT2D eigenvalue weighted by Crippen LogP contribution is 2.25. The Morgan fingerprint density at radius 3 is 2.18 bits per heavy atom. The lowest BCUT2D eigenvalue weighted by molar-refractivity contribution is 0.272. The highest BCUT2D eigenvalue weighted by molar-refractivity contribution is 5.75. The molecule has 0 aliphatic heterocycles. The zero-order valence-electron chi connectivity index (χ0n) is 21.0. The van der Waals surface area contributed by atoms with Crippen LogP contribution in [0.5, 0.6) is 11.5 Å². The largest absolute Gasteiger partial charge is 0.492 e. The fourth-order valence-electron chi connectivity index (χ4n) is 4.07. The summed E-state index contributed by atoms with van der Waals surface area (Å²) >= 11 is 0. The number of hydrogen-bond acceptors (Lipinski definition) is 3. The third kappa shape index (κ3) is 5.61. The van der Waals surface area contributed by atoms with Gasteiger partial charge in [0, 0.05) is 0 Å². The molecule has 0 N–H and O–H groups in total. The Balaban J connectivity index is 1.44. The standard InChI is InChI=1S/C30H36N2O2/c1-6-22(2)23-11-15-25(16-12-23)33-20-19-32-28-10-8-7-9-27(28)31-29(32)21-34-26-17-13-24(14-18-26)30(3,4)5/h7-18,22H,6,19-21H2,1-5H3. The summed E-state index contributed by atoms with van der Waals surface area (Å²) in [6.07, 6.45) is 1.14. The maximum atomic E-state index is 6.12. The summed E-state index contributed by atoms with van der Waals surface area (Å²) in [6, 6.07) is 25.0. The van der Waals surface area contributed by atoms with Crippen LogP contribution in [0.15, 0.2) is 72.8 Å². The average Bonchev–Trinajstić information content (AvgIpc) is 3.20. The number of nitrogens with zero attached hydrogens (tertiary/aromatic N) is 2. The number of aromatic nitrogens is 2. The Hall–Kier alpha value is -3.27. The van der Waals surface area contributed by atoms with Crippen LogP contribution in [-0.4, -0.2) is 16.2 Å². The van der Waals surface area contributed by atoms with Gasteiger partial charge in [-0.05, 0) is 65.3 Å². The van der Waals surface area contributed by atoms with Crippen molar-refractivity contribution in [3.05, 3.63) is 89.7 Å². The molecule has 3 aromatic carbocycles. The van der Waals surface area contributed by atoms with Crippen molar-refractivity contribution in [3.8, 4) is 11.5 Å². The maximum Gasteiger partial charge on any atom is 0.148 e. The molecule has 0 aliphatic rings. The molecular formula is C30H36N2O2. The van der Waals surface area contributed by atoms with Gasteiger partial charge in [0.25, 0.3) is 0 Å². The van der Waals surface area contributed by atoms with Gasteiger partial charge in [0.2, 0.25) is 0 Å². The van der Waals surface area contributed by atoms with E-state index < -0.39 is 0 Å². The molecule has 1 unspecified atom stereocenters. The van der Waals surface area contributed by atoms with E-state index in [1.807, 2.05) is 30.3 Å². The molecule has 1 atom stereocenters. The lowest BCUT2D eigenvalue weighted by atomic mass is 9.87. The van der Waals surface area contributed by atoms with Crippen molar-refractivity contribution in [2.45, 2.75) is 65.5 Å². The molecule has 0 spiro atoms. The Kier molecular flexibility index (Phi) is 7.26. The Bertz CT molecular complexity index is 1200. The predicted octanol–water partition coefficient (Wildman–Crippen LogP) is 7.51. The van der Waals surface area contributed by atoms with Crippen LogP contribution in [0.4, 0.5) is 0 Å². The van der Waals surface area contributed by atoms with E-state index in [-0.39, 0.29) is 5.41 Å². The summed E-state index contributed by atoms with van der Waals surface area (Å²) in [6.45, 7) is 12.8. The molecule has 1 heterocycles. The van der Waals surface area contributed by atoms with Crippen molar-refractivity contribution in [2.75, 3.05) is 6.61 Å². The van der Waals surface area contributed by atoms with Gasteiger partial charge in [-0.15, -0.1) is 0 Å². The smallest absolute Gasteiger partial charge is 0.148 e. The molecule has 4 aromatic rings. The van der Waals surface area contributed by atoms with E-state index in [9.17, 15) is 0 Å². The fraction of sp³-hybridized carbons (Fsp3) is 0.367. The summed E-state index contributed by atoms with van der Waals surface area (Å²) in [5.41, 5.74) is 4.84. The highest BCUT2D eigenvalue weighted by atomic mass is 16.5. The Labute approximate surface area is 203 Å². The molecule has 0 radical (unpaired) electrons. The zero-order valence-corrected chi connectivity index (χ0v) is 21.0. The molecule has 0 saturated heterocycles. The van der Waals surface area contributed by atoms with Crippen LogP contribution in [0.2, 0.25) is 0 Å². The van der Waals surface area contributed by atoms with Crippen LogP contribution in [-0.2, 0) is 18.6 Å². The van der Waals surface area contributed by atoms with Gasteiger partial charge in [-0.25, -0.2) is 4.98 Å². The first-order chi connectivity index (χ1) is 16.3. The van der Waals surface area contributed by atoms with E-state index in [0.717, 1.165) is 34.8 Å². The Morgan fingerprint density at radius 2 is 1.50 bits per heavy atom. The van der Waals surface area contributed by atoms with E-state index in [4.69, 9.17) is 14.5 Å². The average molecular weight is 457 g/mol. The first-order valence-corrected chi connectivity index (χ1v) is 12.3. The minimum atomic E-state index is 0.126. The monoisotopic (exact) mass is 456 g/mol. The van der Waals surface area contributed by atoms with Crippen LogP contribution in [0, 0.1) is 0 Å². The molecule has 4 rings (SSSR count). The van der Waals surface area contributed by atoms with Crippen LogP contribution >= 0.6 is 0 Å². The normalized spacial score (nSPS) is 12.6. The summed E-state index contributed by atoms with van der Waals surface area (Å²) < 4.78 is 14.4. The van der Waals surface area contributed by atoms with E-state index >= 15 is 0 Å². The highest BCUT2D eigenvalue weighted by Gasteiger charge is 2.14. The number of fused-ring (bicyclic) bond motifs is 1. The number of imidazole rings is 1. The topological polar surface area (TPSA) is 36.3 Å². The van der Waals surface area contributed by atoms with E-state index in [2.05, 4.69) is 81.7 Å². The number of benzene rings is 3. The van der Waals surface area contributed by atoms with Gasteiger partial charge >= 0.3 is 0 Å². The van der Waals surface area contributed by atoms with Crippen molar-refractivity contribution in [1.82, 2.24) is 9.55 Å². The minimum Gasteiger partial charge on any atom is -0.492 e. The lowest BCUT2D eigenvalue weighted by Gasteiger charge is -2.19. The number of rotatable bonds is 9. The van der Waals surface area contributed by atoms with E-state index in [0.29, 0.717) is 25.7 Å². The van der Waals surface area contributed by atoms with Gasteiger partial charge in [0.15, 0.2) is 0 Å². The number of para-hydroxylation sites is 2. The summed E-state index contributed by atoms with van der Waals surface area (Å²) in [7, 11) is 0. The Morgan fingerprint density at radius 1 is 0.853 bits per heavy atom. The predicted molar refractivity (Wildman–Crippen MR) is 140 cm³/mol. The fourth-order valence-corrected chi connectivity index (χ4v) is 4.07. The van der Waals surface area contributed by atoms with Crippen molar-refractivity contribution in [1.29, 1.82) is 0 Å². The van der Waals surface area contributed by atoms with Crippen LogP contribution in [0.1, 0.15) is 63.9 Å². The van der Waals surface area contributed by atoms with Gasteiger partial charge in [-0.3, -0.25) is 0 Å². The van der Waals surface area contributed by atoms with Crippen molar-refractivity contribution in [3.63, 3.8) is 0 Å². The summed E-state index contributed by atoms with van der Waals surface area (Å²) in [4.78, 5) is 4.83. The van der Waals surface area contributed by atoms with Gasteiger partial charge < -0.3 is 14.0 Å². The molecule has 0 amide bonds. The molecule has 0 fully saturated rings. The summed E-state index contributed by atoms with van der Waals surface area (Å²) in [5.74, 6) is 3.22.